The summed E-state index contributed by atoms with van der Waals surface area (Å²) in [5.41, 5.74) is 7.91. The van der Waals surface area contributed by atoms with Crippen molar-refractivity contribution in [3.05, 3.63) is 29.8 Å². The van der Waals surface area contributed by atoms with Gasteiger partial charge in [0, 0.05) is 18.8 Å². The second kappa shape index (κ2) is 5.86. The molecule has 3 nitrogen and oxygen atoms in total. The fourth-order valence-corrected chi connectivity index (χ4v) is 2.96. The molecule has 0 spiro atoms. The van der Waals surface area contributed by atoms with Gasteiger partial charge >= 0.3 is 0 Å². The standard InChI is InChI=1S/C17H26N2O/c1-17(2,3)14-8-10-19(11-9-14)16(20)12-13-6-4-5-7-15(13)18/h4-7,14H,8-12,18H2,1-3H3. The number of carbonyl (C=O) groups excluding carboxylic acids is 1. The molecule has 1 saturated heterocycles. The quantitative estimate of drug-likeness (QED) is 0.842. The molecule has 1 fully saturated rings. The first-order valence-corrected chi connectivity index (χ1v) is 7.49. The van der Waals surface area contributed by atoms with Crippen molar-refractivity contribution in [1.29, 1.82) is 0 Å². The summed E-state index contributed by atoms with van der Waals surface area (Å²) in [6.45, 7) is 8.64. The highest BCUT2D eigenvalue weighted by atomic mass is 16.2. The van der Waals surface area contributed by atoms with Crippen molar-refractivity contribution in [2.45, 2.75) is 40.0 Å². The summed E-state index contributed by atoms with van der Waals surface area (Å²) in [6, 6.07) is 7.63. The van der Waals surface area contributed by atoms with E-state index in [0.29, 0.717) is 23.4 Å². The molecule has 1 amide bonds. The van der Waals surface area contributed by atoms with Crippen molar-refractivity contribution < 1.29 is 4.79 Å². The van der Waals surface area contributed by atoms with E-state index in [9.17, 15) is 4.79 Å². The molecule has 1 aliphatic rings. The average molecular weight is 274 g/mol. The van der Waals surface area contributed by atoms with Gasteiger partial charge in [0.15, 0.2) is 0 Å². The van der Waals surface area contributed by atoms with Crippen LogP contribution in [0, 0.1) is 11.3 Å². The van der Waals surface area contributed by atoms with Gasteiger partial charge in [-0.2, -0.15) is 0 Å². The molecule has 0 saturated carbocycles. The number of anilines is 1. The Kier molecular flexibility index (Phi) is 4.36. The molecule has 2 rings (SSSR count). The number of nitrogens with zero attached hydrogens (tertiary/aromatic N) is 1. The van der Waals surface area contributed by atoms with E-state index >= 15 is 0 Å². The van der Waals surface area contributed by atoms with Crippen LogP contribution >= 0.6 is 0 Å². The summed E-state index contributed by atoms with van der Waals surface area (Å²) in [4.78, 5) is 14.3. The lowest BCUT2D eigenvalue weighted by atomic mass is 9.75. The van der Waals surface area contributed by atoms with Crippen LogP contribution in [0.3, 0.4) is 0 Å². The lowest BCUT2D eigenvalue weighted by Crippen LogP contribution is -2.42. The number of piperidine rings is 1. The van der Waals surface area contributed by atoms with E-state index in [4.69, 9.17) is 5.73 Å². The van der Waals surface area contributed by atoms with Crippen molar-refractivity contribution in [2.75, 3.05) is 18.8 Å². The number of rotatable bonds is 2. The summed E-state index contributed by atoms with van der Waals surface area (Å²) in [5, 5.41) is 0. The van der Waals surface area contributed by atoms with Gasteiger partial charge < -0.3 is 10.6 Å². The number of likely N-dealkylation sites (tertiary alicyclic amines) is 1. The van der Waals surface area contributed by atoms with Crippen molar-refractivity contribution in [1.82, 2.24) is 4.90 Å². The number of carbonyl (C=O) groups is 1. The zero-order valence-corrected chi connectivity index (χ0v) is 12.9. The number of amides is 1. The van der Waals surface area contributed by atoms with Gasteiger partial charge in [0.05, 0.1) is 6.42 Å². The fourth-order valence-electron chi connectivity index (χ4n) is 2.96. The van der Waals surface area contributed by atoms with Gasteiger partial charge in [-0.15, -0.1) is 0 Å². The Morgan fingerprint density at radius 2 is 1.85 bits per heavy atom. The van der Waals surface area contributed by atoms with E-state index in [1.54, 1.807) is 0 Å². The van der Waals surface area contributed by atoms with Crippen molar-refractivity contribution in [2.24, 2.45) is 11.3 Å². The monoisotopic (exact) mass is 274 g/mol. The van der Waals surface area contributed by atoms with Gasteiger partial charge in [0.2, 0.25) is 5.91 Å². The highest BCUT2D eigenvalue weighted by Gasteiger charge is 2.30. The molecule has 3 heteroatoms. The van der Waals surface area contributed by atoms with Crippen LogP contribution in [0.4, 0.5) is 5.69 Å². The zero-order chi connectivity index (χ0) is 14.8. The van der Waals surface area contributed by atoms with E-state index in [0.717, 1.165) is 31.5 Å². The molecule has 1 heterocycles. The number of hydrogen-bond donors (Lipinski definition) is 1. The van der Waals surface area contributed by atoms with Gasteiger partial charge in [-0.1, -0.05) is 39.0 Å². The first-order valence-electron chi connectivity index (χ1n) is 7.49. The number of nitrogens with two attached hydrogens (primary N) is 1. The maximum Gasteiger partial charge on any atom is 0.227 e. The SMILES string of the molecule is CC(C)(C)C1CCN(C(=O)Cc2ccccc2N)CC1. The molecule has 110 valence electrons. The third-order valence-corrected chi connectivity index (χ3v) is 4.47. The number of hydrogen-bond acceptors (Lipinski definition) is 2. The topological polar surface area (TPSA) is 46.3 Å². The normalized spacial score (nSPS) is 17.2. The highest BCUT2D eigenvalue weighted by molar-refractivity contribution is 5.80. The van der Waals surface area contributed by atoms with Crippen molar-refractivity contribution in [3.63, 3.8) is 0 Å². The Morgan fingerprint density at radius 3 is 2.40 bits per heavy atom. The minimum atomic E-state index is 0.204. The summed E-state index contributed by atoms with van der Waals surface area (Å²) >= 11 is 0. The van der Waals surface area contributed by atoms with Gasteiger partial charge in [0.1, 0.15) is 0 Å². The molecular weight excluding hydrogens is 248 g/mol. The smallest absolute Gasteiger partial charge is 0.227 e. The first kappa shape index (κ1) is 14.9. The van der Waals surface area contributed by atoms with Crippen molar-refractivity contribution in [3.8, 4) is 0 Å². The minimum Gasteiger partial charge on any atom is -0.398 e. The first-order chi connectivity index (χ1) is 9.38. The predicted molar refractivity (Wildman–Crippen MR) is 83.3 cm³/mol. The van der Waals surface area contributed by atoms with Crippen LogP contribution in [0.15, 0.2) is 24.3 Å². The summed E-state index contributed by atoms with van der Waals surface area (Å²) in [5.74, 6) is 0.920. The van der Waals surface area contributed by atoms with Crippen LogP contribution in [0.2, 0.25) is 0 Å². The Hall–Kier alpha value is -1.51. The van der Waals surface area contributed by atoms with Crippen LogP contribution in [-0.2, 0) is 11.2 Å². The molecule has 0 radical (unpaired) electrons. The molecule has 0 atom stereocenters. The number of benzene rings is 1. The average Bonchev–Trinajstić information content (AvgIpc) is 2.40. The van der Waals surface area contributed by atoms with Crippen LogP contribution < -0.4 is 5.73 Å². The lowest BCUT2D eigenvalue weighted by molar-refractivity contribution is -0.132. The molecule has 2 N–H and O–H groups in total. The highest BCUT2D eigenvalue weighted by Crippen LogP contribution is 2.34. The Bertz CT molecular complexity index is 468. The van der Waals surface area contributed by atoms with E-state index in [-0.39, 0.29) is 5.91 Å². The largest absolute Gasteiger partial charge is 0.398 e. The van der Waals surface area contributed by atoms with E-state index < -0.39 is 0 Å². The van der Waals surface area contributed by atoms with Gasteiger partial charge in [-0.05, 0) is 35.8 Å². The molecule has 20 heavy (non-hydrogen) atoms. The molecule has 0 aliphatic carbocycles. The van der Waals surface area contributed by atoms with Crippen LogP contribution in [0.5, 0.6) is 0 Å². The summed E-state index contributed by atoms with van der Waals surface area (Å²) in [6.07, 6.45) is 2.64. The molecule has 1 aliphatic heterocycles. The van der Waals surface area contributed by atoms with Crippen LogP contribution in [0.1, 0.15) is 39.2 Å². The van der Waals surface area contributed by atoms with Crippen LogP contribution in [-0.4, -0.2) is 23.9 Å². The maximum atomic E-state index is 12.3. The number of para-hydroxylation sites is 1. The summed E-state index contributed by atoms with van der Waals surface area (Å²) < 4.78 is 0. The zero-order valence-electron chi connectivity index (χ0n) is 12.9. The van der Waals surface area contributed by atoms with E-state index in [1.807, 2.05) is 29.2 Å². The van der Waals surface area contributed by atoms with Crippen molar-refractivity contribution >= 4 is 11.6 Å². The molecular formula is C17H26N2O. The Balaban J connectivity index is 1.91. The molecule has 0 bridgehead atoms. The third-order valence-electron chi connectivity index (χ3n) is 4.47. The fraction of sp³-hybridized carbons (Fsp3) is 0.588. The predicted octanol–water partition coefficient (Wildman–Crippen LogP) is 3.10. The maximum absolute atomic E-state index is 12.3. The van der Waals surface area contributed by atoms with Gasteiger partial charge in [0.25, 0.3) is 0 Å². The van der Waals surface area contributed by atoms with Gasteiger partial charge in [-0.25, -0.2) is 0 Å². The van der Waals surface area contributed by atoms with E-state index in [1.165, 1.54) is 0 Å². The lowest BCUT2D eigenvalue weighted by Gasteiger charge is -2.38. The molecule has 1 aromatic rings. The minimum absolute atomic E-state index is 0.204. The van der Waals surface area contributed by atoms with Gasteiger partial charge in [-0.3, -0.25) is 4.79 Å². The second-order valence-electron chi connectivity index (χ2n) is 6.90. The Labute approximate surface area is 122 Å². The molecule has 0 aromatic heterocycles. The summed E-state index contributed by atoms with van der Waals surface area (Å²) in [7, 11) is 0. The molecule has 0 unspecified atom stereocenters. The van der Waals surface area contributed by atoms with E-state index in [2.05, 4.69) is 20.8 Å². The number of nitrogen functional groups attached to an aromatic ring is 1. The molecule has 1 aromatic carbocycles. The third kappa shape index (κ3) is 3.53. The second-order valence-corrected chi connectivity index (χ2v) is 6.90. The van der Waals surface area contributed by atoms with Crippen LogP contribution in [0.25, 0.3) is 0 Å². The Morgan fingerprint density at radius 1 is 1.25 bits per heavy atom.